The van der Waals surface area contributed by atoms with E-state index in [1.54, 1.807) is 0 Å². The molecule has 0 bridgehead atoms. The van der Waals surface area contributed by atoms with Crippen LogP contribution in [0.2, 0.25) is 0 Å². The van der Waals surface area contributed by atoms with Gasteiger partial charge in [0.25, 0.3) is 0 Å². The molecule has 2 atom stereocenters. The number of rotatable bonds is 1. The predicted octanol–water partition coefficient (Wildman–Crippen LogP) is 2.96. The van der Waals surface area contributed by atoms with Crippen molar-refractivity contribution in [3.05, 3.63) is 35.4 Å². The molecule has 1 nitrogen and oxygen atoms in total. The molecule has 0 amide bonds. The average molecular weight is 241 g/mol. The van der Waals surface area contributed by atoms with Gasteiger partial charge in [-0.25, -0.2) is 0 Å². The molecule has 1 saturated heterocycles. The van der Waals surface area contributed by atoms with Crippen molar-refractivity contribution in [2.24, 2.45) is 5.92 Å². The highest BCUT2D eigenvalue weighted by Crippen LogP contribution is 2.57. The van der Waals surface area contributed by atoms with Gasteiger partial charge in [-0.1, -0.05) is 18.2 Å². The third kappa shape index (κ3) is 1.75. The van der Waals surface area contributed by atoms with Crippen molar-refractivity contribution >= 4 is 0 Å². The van der Waals surface area contributed by atoms with Crippen molar-refractivity contribution < 1.29 is 13.2 Å². The third-order valence-corrected chi connectivity index (χ3v) is 4.11. The van der Waals surface area contributed by atoms with E-state index in [9.17, 15) is 13.2 Å². The van der Waals surface area contributed by atoms with Gasteiger partial charge in [0.2, 0.25) is 0 Å². The van der Waals surface area contributed by atoms with Crippen molar-refractivity contribution in [3.8, 4) is 0 Å². The lowest BCUT2D eigenvalue weighted by atomic mass is 9.89. The van der Waals surface area contributed by atoms with Crippen LogP contribution in [0.1, 0.15) is 24.0 Å². The first-order valence-electron chi connectivity index (χ1n) is 5.91. The van der Waals surface area contributed by atoms with Crippen molar-refractivity contribution in [1.29, 1.82) is 0 Å². The fourth-order valence-electron chi connectivity index (χ4n) is 3.02. The molecule has 3 rings (SSSR count). The van der Waals surface area contributed by atoms with E-state index in [1.807, 2.05) is 6.07 Å². The van der Waals surface area contributed by atoms with Gasteiger partial charge in [-0.2, -0.15) is 13.2 Å². The van der Waals surface area contributed by atoms with Gasteiger partial charge in [0.05, 0.1) is 5.56 Å². The molecule has 2 aliphatic rings. The molecule has 1 heterocycles. The second kappa shape index (κ2) is 3.48. The lowest BCUT2D eigenvalue weighted by Gasteiger charge is -2.24. The lowest BCUT2D eigenvalue weighted by Crippen LogP contribution is -2.34. The molecule has 2 fully saturated rings. The van der Waals surface area contributed by atoms with E-state index in [-0.39, 0.29) is 5.41 Å². The standard InChI is InChI=1S/C13H14F3N/c14-13(15,16)10-3-1-2-9(6-10)12-7-11(12)4-5-17-8-12/h1-3,6,11,17H,4-5,7-8H2/t11-,12+/m0/s1. The van der Waals surface area contributed by atoms with Crippen LogP contribution >= 0.6 is 0 Å². The molecule has 1 aliphatic heterocycles. The SMILES string of the molecule is FC(F)(F)c1cccc([C@@]23CNCC[C@H]2C3)c1. The Morgan fingerprint density at radius 1 is 1.29 bits per heavy atom. The molecular weight excluding hydrogens is 227 g/mol. The van der Waals surface area contributed by atoms with Crippen LogP contribution in [0.4, 0.5) is 13.2 Å². The molecule has 0 aromatic heterocycles. The summed E-state index contributed by atoms with van der Waals surface area (Å²) in [6.45, 7) is 1.81. The molecule has 1 N–H and O–H groups in total. The maximum Gasteiger partial charge on any atom is 0.416 e. The summed E-state index contributed by atoms with van der Waals surface area (Å²) in [6, 6.07) is 5.83. The highest BCUT2D eigenvalue weighted by Gasteiger charge is 2.56. The quantitative estimate of drug-likeness (QED) is 0.797. The van der Waals surface area contributed by atoms with Crippen molar-refractivity contribution in [1.82, 2.24) is 5.32 Å². The van der Waals surface area contributed by atoms with E-state index >= 15 is 0 Å². The number of piperidine rings is 1. The van der Waals surface area contributed by atoms with Crippen LogP contribution in [-0.2, 0) is 11.6 Å². The topological polar surface area (TPSA) is 12.0 Å². The number of nitrogens with one attached hydrogen (secondary N) is 1. The van der Waals surface area contributed by atoms with Crippen LogP contribution in [0.25, 0.3) is 0 Å². The van der Waals surface area contributed by atoms with E-state index in [2.05, 4.69) is 5.32 Å². The number of hydrogen-bond acceptors (Lipinski definition) is 1. The van der Waals surface area contributed by atoms with Gasteiger partial charge in [0, 0.05) is 12.0 Å². The second-order valence-electron chi connectivity index (χ2n) is 5.10. The van der Waals surface area contributed by atoms with Crippen LogP contribution in [0, 0.1) is 5.92 Å². The second-order valence-corrected chi connectivity index (χ2v) is 5.10. The van der Waals surface area contributed by atoms with Crippen molar-refractivity contribution in [2.45, 2.75) is 24.4 Å². The summed E-state index contributed by atoms with van der Waals surface area (Å²) < 4.78 is 38.0. The maximum atomic E-state index is 12.7. The van der Waals surface area contributed by atoms with Gasteiger partial charge in [0.15, 0.2) is 0 Å². The fourth-order valence-corrected chi connectivity index (χ4v) is 3.02. The number of fused-ring (bicyclic) bond motifs is 1. The van der Waals surface area contributed by atoms with Crippen LogP contribution in [0.5, 0.6) is 0 Å². The number of halogens is 3. The Bertz CT molecular complexity index is 441. The lowest BCUT2D eigenvalue weighted by molar-refractivity contribution is -0.137. The Morgan fingerprint density at radius 3 is 2.82 bits per heavy atom. The summed E-state index contributed by atoms with van der Waals surface area (Å²) in [7, 11) is 0. The minimum Gasteiger partial charge on any atom is -0.316 e. The highest BCUT2D eigenvalue weighted by molar-refractivity contribution is 5.38. The molecule has 1 aromatic rings. The number of alkyl halides is 3. The first-order chi connectivity index (χ1) is 8.02. The van der Waals surface area contributed by atoms with Crippen LogP contribution < -0.4 is 5.32 Å². The van der Waals surface area contributed by atoms with Crippen LogP contribution in [0.3, 0.4) is 0 Å². The zero-order chi connectivity index (χ0) is 12.1. The van der Waals surface area contributed by atoms with Crippen molar-refractivity contribution in [2.75, 3.05) is 13.1 Å². The van der Waals surface area contributed by atoms with E-state index in [0.717, 1.165) is 37.6 Å². The molecule has 4 heteroatoms. The third-order valence-electron chi connectivity index (χ3n) is 4.11. The Hall–Kier alpha value is -1.03. The van der Waals surface area contributed by atoms with Gasteiger partial charge in [0.1, 0.15) is 0 Å². The van der Waals surface area contributed by atoms with Crippen LogP contribution in [0.15, 0.2) is 24.3 Å². The summed E-state index contributed by atoms with van der Waals surface area (Å²) in [4.78, 5) is 0. The number of hydrogen-bond donors (Lipinski definition) is 1. The molecular formula is C13H14F3N. The first-order valence-corrected chi connectivity index (χ1v) is 5.91. The molecule has 1 aromatic carbocycles. The normalized spacial score (nSPS) is 32.1. The molecule has 92 valence electrons. The maximum absolute atomic E-state index is 12.7. The largest absolute Gasteiger partial charge is 0.416 e. The Labute approximate surface area is 98.0 Å². The zero-order valence-corrected chi connectivity index (χ0v) is 9.35. The Morgan fingerprint density at radius 2 is 2.12 bits per heavy atom. The minimum atomic E-state index is -4.24. The highest BCUT2D eigenvalue weighted by atomic mass is 19.4. The summed E-state index contributed by atoms with van der Waals surface area (Å²) in [5.74, 6) is 0.576. The summed E-state index contributed by atoms with van der Waals surface area (Å²) >= 11 is 0. The smallest absolute Gasteiger partial charge is 0.316 e. The fraction of sp³-hybridized carbons (Fsp3) is 0.538. The van der Waals surface area contributed by atoms with Gasteiger partial charge < -0.3 is 5.32 Å². The number of benzene rings is 1. The summed E-state index contributed by atoms with van der Waals surface area (Å²) in [5.41, 5.74) is 0.310. The molecule has 1 aliphatic carbocycles. The van der Waals surface area contributed by atoms with Gasteiger partial charge in [-0.15, -0.1) is 0 Å². The van der Waals surface area contributed by atoms with Crippen LogP contribution in [-0.4, -0.2) is 13.1 Å². The zero-order valence-electron chi connectivity index (χ0n) is 9.35. The monoisotopic (exact) mass is 241 g/mol. The van der Waals surface area contributed by atoms with E-state index in [0.29, 0.717) is 5.92 Å². The van der Waals surface area contributed by atoms with E-state index in [4.69, 9.17) is 0 Å². The van der Waals surface area contributed by atoms with E-state index < -0.39 is 11.7 Å². The summed E-state index contributed by atoms with van der Waals surface area (Å²) in [6.07, 6.45) is -2.13. The summed E-state index contributed by atoms with van der Waals surface area (Å²) in [5, 5.41) is 3.29. The molecule has 1 saturated carbocycles. The van der Waals surface area contributed by atoms with E-state index in [1.165, 1.54) is 12.1 Å². The molecule has 0 unspecified atom stereocenters. The Kier molecular flexibility index (Phi) is 2.27. The Balaban J connectivity index is 1.94. The van der Waals surface area contributed by atoms with Crippen molar-refractivity contribution in [3.63, 3.8) is 0 Å². The average Bonchev–Trinajstić information content (AvgIpc) is 3.04. The van der Waals surface area contributed by atoms with Gasteiger partial charge in [-0.05, 0) is 36.9 Å². The first kappa shape index (κ1) is 11.1. The van der Waals surface area contributed by atoms with Gasteiger partial charge >= 0.3 is 6.18 Å². The van der Waals surface area contributed by atoms with Gasteiger partial charge in [-0.3, -0.25) is 0 Å². The molecule has 0 radical (unpaired) electrons. The molecule has 0 spiro atoms. The predicted molar refractivity (Wildman–Crippen MR) is 58.7 cm³/mol. The molecule has 17 heavy (non-hydrogen) atoms. The minimum absolute atomic E-state index is 0.0144.